The normalized spacial score (nSPS) is 19.0. The highest BCUT2D eigenvalue weighted by Gasteiger charge is 2.37. The highest BCUT2D eigenvalue weighted by Crippen LogP contribution is 2.40. The van der Waals surface area contributed by atoms with Crippen molar-refractivity contribution < 1.29 is 22.8 Å². The maximum atomic E-state index is 14.2. The molecule has 278 valence electrons. The molecule has 0 aliphatic carbocycles. The fourth-order valence-electron chi connectivity index (χ4n) is 8.58. The number of carbonyl (C=O) groups excluding carboxylic acids is 2. The minimum atomic E-state index is -4.66. The van der Waals surface area contributed by atoms with Crippen LogP contribution in [-0.4, -0.2) is 93.4 Å². The first-order valence-corrected chi connectivity index (χ1v) is 18.8. The van der Waals surface area contributed by atoms with Crippen molar-refractivity contribution >= 4 is 51.0 Å². The zero-order chi connectivity index (χ0) is 36.6. The predicted molar refractivity (Wildman–Crippen MR) is 196 cm³/mol. The van der Waals surface area contributed by atoms with Gasteiger partial charge in [-0.25, -0.2) is 4.79 Å². The number of hydrogen-bond acceptors (Lipinski definition) is 6. The lowest BCUT2D eigenvalue weighted by molar-refractivity contribution is -0.143. The van der Waals surface area contributed by atoms with Gasteiger partial charge in [0.1, 0.15) is 0 Å². The van der Waals surface area contributed by atoms with Crippen LogP contribution in [0.1, 0.15) is 68.5 Å². The maximum Gasteiger partial charge on any atom is 0.418 e. The van der Waals surface area contributed by atoms with Crippen LogP contribution in [0.5, 0.6) is 0 Å². The van der Waals surface area contributed by atoms with E-state index in [1.807, 2.05) is 24.3 Å². The van der Waals surface area contributed by atoms with E-state index in [-0.39, 0.29) is 52.7 Å². The summed E-state index contributed by atoms with van der Waals surface area (Å²) < 4.78 is 44.0. The molecule has 2 amide bonds. The van der Waals surface area contributed by atoms with Crippen LogP contribution in [0.4, 0.5) is 18.9 Å². The fraction of sp³-hybridized carbons (Fsp3) is 0.526. The van der Waals surface area contributed by atoms with Crippen molar-refractivity contribution in [3.8, 4) is 0 Å². The minimum absolute atomic E-state index is 0.0500. The molecule has 5 heterocycles. The third-order valence-corrected chi connectivity index (χ3v) is 11.6. The number of amides is 2. The molecule has 4 aromatic rings. The van der Waals surface area contributed by atoms with Gasteiger partial charge in [-0.05, 0) is 81.8 Å². The van der Waals surface area contributed by atoms with E-state index < -0.39 is 17.7 Å². The summed E-state index contributed by atoms with van der Waals surface area (Å²) in [6.07, 6.45) is 3.20. The van der Waals surface area contributed by atoms with E-state index in [0.717, 1.165) is 48.4 Å². The molecule has 0 saturated carbocycles. The summed E-state index contributed by atoms with van der Waals surface area (Å²) in [5.74, 6) is -1.30. The summed E-state index contributed by atoms with van der Waals surface area (Å²) in [4.78, 5) is 54.8. The van der Waals surface area contributed by atoms with Gasteiger partial charge in [-0.1, -0.05) is 36.2 Å². The van der Waals surface area contributed by atoms with Gasteiger partial charge in [0.05, 0.1) is 44.9 Å². The average molecular weight is 740 g/mol. The number of nitrogens with zero attached hydrogens (tertiary/aromatic N) is 5. The number of rotatable bonds is 8. The summed E-state index contributed by atoms with van der Waals surface area (Å²) >= 11 is 6.33. The topological polar surface area (TPSA) is 107 Å². The maximum absolute atomic E-state index is 14.2. The number of para-hydroxylation sites is 1. The van der Waals surface area contributed by atoms with Crippen LogP contribution in [0, 0.1) is 5.92 Å². The fourth-order valence-corrected chi connectivity index (χ4v) is 8.92. The van der Waals surface area contributed by atoms with Gasteiger partial charge in [0.15, 0.2) is 0 Å². The number of anilines is 1. The lowest BCUT2D eigenvalue weighted by Gasteiger charge is -2.41. The molecule has 0 spiro atoms. The summed E-state index contributed by atoms with van der Waals surface area (Å²) in [5.41, 5.74) is 1.12. The van der Waals surface area contributed by atoms with Crippen LogP contribution in [0.2, 0.25) is 5.02 Å². The quantitative estimate of drug-likeness (QED) is 0.214. The largest absolute Gasteiger partial charge is 0.418 e. The Balaban J connectivity index is 1.07. The number of hydrogen-bond donors (Lipinski definition) is 2. The number of alkyl halides is 3. The lowest BCUT2D eigenvalue weighted by atomic mass is 9.91. The number of halogens is 4. The highest BCUT2D eigenvalue weighted by molar-refractivity contribution is 6.33. The van der Waals surface area contributed by atoms with Crippen LogP contribution < -0.4 is 11.0 Å². The molecular formula is C38H45ClF3N7O3. The van der Waals surface area contributed by atoms with Gasteiger partial charge >= 0.3 is 11.9 Å². The Morgan fingerprint density at radius 1 is 0.962 bits per heavy atom. The Labute approximate surface area is 305 Å². The number of carbonyl (C=O) groups is 2. The highest BCUT2D eigenvalue weighted by atomic mass is 35.5. The third kappa shape index (κ3) is 7.39. The number of H-pyrrole nitrogens is 1. The number of aromatic nitrogens is 3. The van der Waals surface area contributed by atoms with E-state index >= 15 is 0 Å². The average Bonchev–Trinajstić information content (AvgIpc) is 3.50. The monoisotopic (exact) mass is 739 g/mol. The zero-order valence-electron chi connectivity index (χ0n) is 29.4. The molecule has 0 radical (unpaired) electrons. The predicted octanol–water partition coefficient (Wildman–Crippen LogP) is 6.48. The van der Waals surface area contributed by atoms with E-state index in [1.165, 1.54) is 32.4 Å². The lowest BCUT2D eigenvalue weighted by Crippen LogP contribution is -2.50. The van der Waals surface area contributed by atoms with Crippen molar-refractivity contribution in [2.75, 3.05) is 51.6 Å². The van der Waals surface area contributed by atoms with Crippen molar-refractivity contribution in [3.63, 3.8) is 0 Å². The first-order chi connectivity index (χ1) is 25.0. The Bertz CT molecular complexity index is 1990. The molecule has 3 aliphatic rings. The standard InChI is InChI=1S/C38H45ClF3N7O3/c1-43-35-29(38(40,41)42)20-24(21-30(35)39)19-25(36(51)48-17-9-26(10-18-48)46-13-5-2-6-14-46)22-33(50)47-15-11-27(12-16-47)49-32-23-44-31-8-4-3-7-28(31)34(32)45-37(49)52/h3-4,7-8,20-21,23,25-27,43H,2,5-6,9-19,22H2,1H3,(H,45,52). The molecule has 14 heteroatoms. The number of pyridine rings is 1. The molecule has 3 saturated heterocycles. The number of likely N-dealkylation sites (tertiary alicyclic amines) is 3. The Morgan fingerprint density at radius 2 is 1.63 bits per heavy atom. The Hall–Kier alpha value is -4.10. The Morgan fingerprint density at radius 3 is 2.33 bits per heavy atom. The van der Waals surface area contributed by atoms with E-state index in [4.69, 9.17) is 11.6 Å². The zero-order valence-corrected chi connectivity index (χ0v) is 30.1. The van der Waals surface area contributed by atoms with E-state index in [1.54, 1.807) is 20.6 Å². The Kier molecular flexibility index (Phi) is 10.5. The number of aromatic amines is 1. The molecule has 2 aromatic carbocycles. The van der Waals surface area contributed by atoms with Gasteiger partial charge < -0.3 is 25.0 Å². The first kappa shape index (κ1) is 36.3. The summed E-state index contributed by atoms with van der Waals surface area (Å²) in [7, 11) is 1.38. The smallest absolute Gasteiger partial charge is 0.386 e. The molecular weight excluding hydrogens is 695 g/mol. The molecule has 1 unspecified atom stereocenters. The number of nitrogens with one attached hydrogen (secondary N) is 2. The van der Waals surface area contributed by atoms with Crippen LogP contribution in [0.15, 0.2) is 47.4 Å². The first-order valence-electron chi connectivity index (χ1n) is 18.4. The van der Waals surface area contributed by atoms with Gasteiger partial charge in [0.2, 0.25) is 11.8 Å². The number of piperidine rings is 3. The van der Waals surface area contributed by atoms with Crippen molar-refractivity contribution in [2.45, 2.75) is 76.0 Å². The third-order valence-electron chi connectivity index (χ3n) is 11.3. The molecule has 0 bridgehead atoms. The van der Waals surface area contributed by atoms with Gasteiger partial charge in [0.25, 0.3) is 0 Å². The van der Waals surface area contributed by atoms with Crippen molar-refractivity contribution in [3.05, 3.63) is 69.2 Å². The minimum Gasteiger partial charge on any atom is -0.386 e. The van der Waals surface area contributed by atoms with Crippen molar-refractivity contribution in [2.24, 2.45) is 5.92 Å². The summed E-state index contributed by atoms with van der Waals surface area (Å²) in [6.45, 7) is 4.00. The second kappa shape index (κ2) is 15.1. The van der Waals surface area contributed by atoms with Gasteiger partial charge in [-0.15, -0.1) is 0 Å². The van der Waals surface area contributed by atoms with Gasteiger partial charge in [-0.2, -0.15) is 13.2 Å². The molecule has 52 heavy (non-hydrogen) atoms. The van der Waals surface area contributed by atoms with Gasteiger partial charge in [0, 0.05) is 57.1 Å². The van der Waals surface area contributed by atoms with Crippen LogP contribution in [0.25, 0.3) is 21.9 Å². The molecule has 2 N–H and O–H groups in total. The van der Waals surface area contributed by atoms with Gasteiger partial charge in [-0.3, -0.25) is 19.1 Å². The van der Waals surface area contributed by atoms with Crippen LogP contribution in [-0.2, 0) is 22.2 Å². The van der Waals surface area contributed by atoms with Crippen molar-refractivity contribution in [1.82, 2.24) is 29.2 Å². The second-order valence-electron chi connectivity index (χ2n) is 14.5. The summed E-state index contributed by atoms with van der Waals surface area (Å²) in [5, 5.41) is 3.32. The number of benzene rings is 2. The van der Waals surface area contributed by atoms with Crippen LogP contribution >= 0.6 is 11.6 Å². The number of imidazole rings is 1. The summed E-state index contributed by atoms with van der Waals surface area (Å²) in [6, 6.07) is 10.4. The molecule has 2 aromatic heterocycles. The van der Waals surface area contributed by atoms with E-state index in [0.29, 0.717) is 50.6 Å². The SMILES string of the molecule is CNc1c(Cl)cc(CC(CC(=O)N2CCC(n3c(=O)[nH]c4c5ccccc5ncc43)CC2)C(=O)N2CCC(N3CCCCC3)CC2)cc1C(F)(F)F. The van der Waals surface area contributed by atoms with E-state index in [2.05, 4.69) is 20.2 Å². The van der Waals surface area contributed by atoms with Crippen molar-refractivity contribution in [1.29, 1.82) is 0 Å². The second-order valence-corrected chi connectivity index (χ2v) is 14.9. The van der Waals surface area contributed by atoms with Crippen LogP contribution in [0.3, 0.4) is 0 Å². The van der Waals surface area contributed by atoms with E-state index in [9.17, 15) is 27.6 Å². The molecule has 1 atom stereocenters. The molecule has 10 nitrogen and oxygen atoms in total. The number of fused-ring (bicyclic) bond motifs is 3. The molecule has 3 fully saturated rings. The molecule has 7 rings (SSSR count). The molecule has 3 aliphatic heterocycles.